The Kier molecular flexibility index (Phi) is 5.13. The summed E-state index contributed by atoms with van der Waals surface area (Å²) in [4.78, 5) is 17.9. The van der Waals surface area contributed by atoms with Gasteiger partial charge in [-0.3, -0.25) is 4.79 Å². The Morgan fingerprint density at radius 1 is 1.46 bits per heavy atom. The summed E-state index contributed by atoms with van der Waals surface area (Å²) in [6.07, 6.45) is -0.577. The van der Waals surface area contributed by atoms with Crippen LogP contribution in [0, 0.1) is 0 Å². The molecule has 1 aromatic carbocycles. The number of aryl methyl sites for hydroxylation is 1. The monoisotopic (exact) mass is 351 g/mol. The number of aliphatic hydroxyl groups is 1. The number of aromatic nitrogens is 2. The standard InChI is InChI=1S/C16H18ClN3O4/c1-2-13-18-14(24-19-13)9-23-12-7-20(8-12)16(22)15(21)10-3-5-11(17)6-4-10/h3-6,12,15,21H,2,7-9H2,1H3. The third kappa shape index (κ3) is 3.75. The molecule has 2 aromatic rings. The van der Waals surface area contributed by atoms with E-state index in [1.807, 2.05) is 6.92 Å². The van der Waals surface area contributed by atoms with E-state index in [1.54, 1.807) is 29.2 Å². The zero-order valence-electron chi connectivity index (χ0n) is 13.2. The Morgan fingerprint density at radius 2 is 2.17 bits per heavy atom. The number of hydrogen-bond donors (Lipinski definition) is 1. The van der Waals surface area contributed by atoms with Gasteiger partial charge in [-0.05, 0) is 17.7 Å². The van der Waals surface area contributed by atoms with Crippen LogP contribution in [0.1, 0.15) is 30.3 Å². The molecule has 2 heterocycles. The summed E-state index contributed by atoms with van der Waals surface area (Å²) in [5.41, 5.74) is 0.520. The van der Waals surface area contributed by atoms with Gasteiger partial charge in [0.15, 0.2) is 11.9 Å². The average Bonchev–Trinajstić information content (AvgIpc) is 3.01. The largest absolute Gasteiger partial charge is 0.378 e. The van der Waals surface area contributed by atoms with Crippen molar-refractivity contribution >= 4 is 17.5 Å². The number of ether oxygens (including phenoxy) is 1. The van der Waals surface area contributed by atoms with E-state index in [-0.39, 0.29) is 18.6 Å². The van der Waals surface area contributed by atoms with Crippen LogP contribution in [0.5, 0.6) is 0 Å². The topological polar surface area (TPSA) is 88.7 Å². The smallest absolute Gasteiger partial charge is 0.256 e. The predicted octanol–water partition coefficient (Wildman–Crippen LogP) is 1.75. The molecule has 3 rings (SSSR count). The van der Waals surface area contributed by atoms with Crippen molar-refractivity contribution in [2.45, 2.75) is 32.2 Å². The highest BCUT2D eigenvalue weighted by molar-refractivity contribution is 6.30. The van der Waals surface area contributed by atoms with Gasteiger partial charge in [-0.15, -0.1) is 0 Å². The molecule has 0 saturated carbocycles. The lowest BCUT2D eigenvalue weighted by atomic mass is 10.1. The van der Waals surface area contributed by atoms with Crippen molar-refractivity contribution in [3.8, 4) is 0 Å². The Morgan fingerprint density at radius 3 is 2.79 bits per heavy atom. The van der Waals surface area contributed by atoms with E-state index in [9.17, 15) is 9.90 Å². The number of rotatable bonds is 6. The highest BCUT2D eigenvalue weighted by Crippen LogP contribution is 2.22. The normalized spacial score (nSPS) is 16.0. The van der Waals surface area contributed by atoms with Crippen molar-refractivity contribution in [1.29, 1.82) is 0 Å². The molecule has 24 heavy (non-hydrogen) atoms. The third-order valence-corrected chi connectivity index (χ3v) is 4.10. The maximum absolute atomic E-state index is 12.2. The molecular weight excluding hydrogens is 334 g/mol. The minimum Gasteiger partial charge on any atom is -0.378 e. The summed E-state index contributed by atoms with van der Waals surface area (Å²) in [5, 5.41) is 14.5. The SMILES string of the molecule is CCc1noc(COC2CN(C(=O)C(O)c3ccc(Cl)cc3)C2)n1. The first-order valence-corrected chi connectivity index (χ1v) is 8.10. The Bertz CT molecular complexity index is 698. The number of likely N-dealkylation sites (tertiary alicyclic amines) is 1. The Hall–Kier alpha value is -1.96. The van der Waals surface area contributed by atoms with E-state index < -0.39 is 6.10 Å². The van der Waals surface area contributed by atoms with Gasteiger partial charge in [0.25, 0.3) is 11.8 Å². The number of halogens is 1. The van der Waals surface area contributed by atoms with Crippen LogP contribution >= 0.6 is 11.6 Å². The minimum atomic E-state index is -1.19. The van der Waals surface area contributed by atoms with E-state index in [0.29, 0.717) is 41.8 Å². The van der Waals surface area contributed by atoms with Crippen LogP contribution in [0.2, 0.25) is 5.02 Å². The fraction of sp³-hybridized carbons (Fsp3) is 0.438. The molecule has 1 unspecified atom stereocenters. The summed E-state index contributed by atoms with van der Waals surface area (Å²) in [5.74, 6) is 0.728. The van der Waals surface area contributed by atoms with Crippen molar-refractivity contribution in [2.24, 2.45) is 0 Å². The van der Waals surface area contributed by atoms with Crippen LogP contribution in [0.15, 0.2) is 28.8 Å². The van der Waals surface area contributed by atoms with Crippen molar-refractivity contribution in [3.05, 3.63) is 46.6 Å². The Labute approximate surface area is 144 Å². The van der Waals surface area contributed by atoms with Gasteiger partial charge in [0.1, 0.15) is 6.61 Å². The van der Waals surface area contributed by atoms with Crippen LogP contribution in [0.4, 0.5) is 0 Å². The molecule has 1 amide bonds. The van der Waals surface area contributed by atoms with Gasteiger partial charge in [0.2, 0.25) is 0 Å². The number of hydrogen-bond acceptors (Lipinski definition) is 6. The second kappa shape index (κ2) is 7.29. The molecule has 1 aliphatic heterocycles. The zero-order valence-corrected chi connectivity index (χ0v) is 13.9. The summed E-state index contributed by atoms with van der Waals surface area (Å²) < 4.78 is 10.7. The summed E-state index contributed by atoms with van der Waals surface area (Å²) in [7, 11) is 0. The lowest BCUT2D eigenvalue weighted by Crippen LogP contribution is -2.55. The number of benzene rings is 1. The second-order valence-corrected chi connectivity index (χ2v) is 6.02. The summed E-state index contributed by atoms with van der Waals surface area (Å²) in [6, 6.07) is 6.56. The van der Waals surface area contributed by atoms with Crippen molar-refractivity contribution in [2.75, 3.05) is 13.1 Å². The minimum absolute atomic E-state index is 0.0941. The second-order valence-electron chi connectivity index (χ2n) is 5.59. The highest BCUT2D eigenvalue weighted by Gasteiger charge is 2.35. The lowest BCUT2D eigenvalue weighted by Gasteiger charge is -2.39. The molecule has 1 fully saturated rings. The van der Waals surface area contributed by atoms with Crippen LogP contribution in [0.25, 0.3) is 0 Å². The molecule has 8 heteroatoms. The number of carbonyl (C=O) groups excluding carboxylic acids is 1. The molecule has 1 saturated heterocycles. The fourth-order valence-corrected chi connectivity index (χ4v) is 2.49. The van der Waals surface area contributed by atoms with Gasteiger partial charge in [0, 0.05) is 24.5 Å². The molecule has 0 spiro atoms. The number of aliphatic hydroxyl groups excluding tert-OH is 1. The fourth-order valence-electron chi connectivity index (χ4n) is 2.37. The van der Waals surface area contributed by atoms with Crippen molar-refractivity contribution in [1.82, 2.24) is 15.0 Å². The van der Waals surface area contributed by atoms with Crippen LogP contribution < -0.4 is 0 Å². The molecule has 0 radical (unpaired) electrons. The first-order valence-electron chi connectivity index (χ1n) is 7.72. The van der Waals surface area contributed by atoms with E-state index >= 15 is 0 Å². The van der Waals surface area contributed by atoms with Crippen LogP contribution in [0.3, 0.4) is 0 Å². The highest BCUT2D eigenvalue weighted by atomic mass is 35.5. The van der Waals surface area contributed by atoms with E-state index in [2.05, 4.69) is 10.1 Å². The Balaban J connectivity index is 1.45. The van der Waals surface area contributed by atoms with Gasteiger partial charge in [-0.2, -0.15) is 4.98 Å². The molecular formula is C16H18ClN3O4. The summed E-state index contributed by atoms with van der Waals surface area (Å²) >= 11 is 5.80. The molecule has 0 bridgehead atoms. The lowest BCUT2D eigenvalue weighted by molar-refractivity contribution is -0.155. The van der Waals surface area contributed by atoms with E-state index in [4.69, 9.17) is 20.9 Å². The first kappa shape index (κ1) is 16.9. The van der Waals surface area contributed by atoms with Gasteiger partial charge >= 0.3 is 0 Å². The number of nitrogens with zero attached hydrogens (tertiary/aromatic N) is 3. The first-order chi connectivity index (χ1) is 11.6. The molecule has 128 valence electrons. The van der Waals surface area contributed by atoms with Gasteiger partial charge in [0.05, 0.1) is 6.10 Å². The van der Waals surface area contributed by atoms with Crippen molar-refractivity contribution < 1.29 is 19.2 Å². The molecule has 1 atom stereocenters. The van der Waals surface area contributed by atoms with E-state index in [0.717, 1.165) is 0 Å². The molecule has 1 N–H and O–H groups in total. The quantitative estimate of drug-likeness (QED) is 0.852. The molecule has 0 aliphatic carbocycles. The predicted molar refractivity (Wildman–Crippen MR) is 85.2 cm³/mol. The molecule has 1 aliphatic rings. The maximum Gasteiger partial charge on any atom is 0.256 e. The van der Waals surface area contributed by atoms with Gasteiger partial charge in [-0.25, -0.2) is 0 Å². The summed E-state index contributed by atoms with van der Waals surface area (Å²) in [6.45, 7) is 3.02. The number of carbonyl (C=O) groups is 1. The van der Waals surface area contributed by atoms with Crippen molar-refractivity contribution in [3.63, 3.8) is 0 Å². The van der Waals surface area contributed by atoms with Gasteiger partial charge < -0.3 is 19.3 Å². The van der Waals surface area contributed by atoms with E-state index in [1.165, 1.54) is 0 Å². The number of amides is 1. The molecule has 7 nitrogen and oxygen atoms in total. The third-order valence-electron chi connectivity index (χ3n) is 3.85. The van der Waals surface area contributed by atoms with Crippen LogP contribution in [-0.2, 0) is 22.6 Å². The van der Waals surface area contributed by atoms with Gasteiger partial charge in [-0.1, -0.05) is 35.8 Å². The zero-order chi connectivity index (χ0) is 17.1. The molecule has 1 aromatic heterocycles. The maximum atomic E-state index is 12.2. The average molecular weight is 352 g/mol. The van der Waals surface area contributed by atoms with Crippen LogP contribution in [-0.4, -0.2) is 45.2 Å².